The van der Waals surface area contributed by atoms with Crippen molar-refractivity contribution in [3.8, 4) is 0 Å². The second kappa shape index (κ2) is 4.08. The molecule has 1 aromatic rings. The van der Waals surface area contributed by atoms with Gasteiger partial charge >= 0.3 is 6.18 Å². The van der Waals surface area contributed by atoms with E-state index in [9.17, 15) is 18.0 Å². The zero-order valence-electron chi connectivity index (χ0n) is 6.68. The number of rotatable bonds is 2. The topological polar surface area (TPSA) is 30.0 Å². The Morgan fingerprint density at radius 1 is 1.57 bits per heavy atom. The summed E-state index contributed by atoms with van der Waals surface area (Å²) < 4.78 is 37.0. The van der Waals surface area contributed by atoms with Crippen molar-refractivity contribution in [1.29, 1.82) is 0 Å². The summed E-state index contributed by atoms with van der Waals surface area (Å²) >= 11 is 6.69. The maximum Gasteiger partial charge on any atom is 0.435 e. The quantitative estimate of drug-likeness (QED) is 0.605. The Kier molecular flexibility index (Phi) is 3.44. The standard InChI is InChI=1S/C6H3ClF3NOS2/c1-13-5-11-3(6(8,9)10)2(14-5)4(7)12/h1H3. The normalized spacial score (nSPS) is 11.8. The second-order valence-corrected chi connectivity index (χ2v) is 4.53. The van der Waals surface area contributed by atoms with Gasteiger partial charge < -0.3 is 0 Å². The summed E-state index contributed by atoms with van der Waals surface area (Å²) in [4.78, 5) is 13.4. The molecule has 0 bridgehead atoms. The Morgan fingerprint density at radius 2 is 2.14 bits per heavy atom. The van der Waals surface area contributed by atoms with Gasteiger partial charge in [-0.05, 0) is 17.9 Å². The van der Waals surface area contributed by atoms with E-state index in [0.29, 0.717) is 11.3 Å². The fraction of sp³-hybridized carbons (Fsp3) is 0.333. The van der Waals surface area contributed by atoms with Gasteiger partial charge in [0.05, 0.1) is 0 Å². The van der Waals surface area contributed by atoms with Crippen molar-refractivity contribution >= 4 is 39.9 Å². The van der Waals surface area contributed by atoms with Crippen LogP contribution >= 0.6 is 34.7 Å². The number of halogens is 4. The summed E-state index contributed by atoms with van der Waals surface area (Å²) in [5.74, 6) is 0. The van der Waals surface area contributed by atoms with E-state index in [0.717, 1.165) is 11.8 Å². The first kappa shape index (κ1) is 11.8. The van der Waals surface area contributed by atoms with Crippen molar-refractivity contribution in [2.45, 2.75) is 10.5 Å². The summed E-state index contributed by atoms with van der Waals surface area (Å²) in [6, 6.07) is 0. The highest BCUT2D eigenvalue weighted by atomic mass is 35.5. The smallest absolute Gasteiger partial charge is 0.275 e. The summed E-state index contributed by atoms with van der Waals surface area (Å²) in [6.45, 7) is 0. The number of hydrogen-bond acceptors (Lipinski definition) is 4. The third-order valence-corrected chi connectivity index (χ3v) is 3.57. The molecule has 0 spiro atoms. The van der Waals surface area contributed by atoms with E-state index in [4.69, 9.17) is 11.6 Å². The van der Waals surface area contributed by atoms with Crippen LogP contribution in [0.3, 0.4) is 0 Å². The number of aromatic nitrogens is 1. The first-order valence-corrected chi connectivity index (χ1v) is 5.60. The lowest BCUT2D eigenvalue weighted by Gasteiger charge is -2.02. The number of carbonyl (C=O) groups is 1. The number of carbonyl (C=O) groups excluding carboxylic acids is 1. The second-order valence-electron chi connectivity index (χ2n) is 2.13. The maximum absolute atomic E-state index is 12.3. The number of thiazole rings is 1. The van der Waals surface area contributed by atoms with E-state index in [2.05, 4.69) is 4.98 Å². The van der Waals surface area contributed by atoms with Gasteiger partial charge in [0.2, 0.25) is 0 Å². The molecule has 0 amide bonds. The average Bonchev–Trinajstić information content (AvgIpc) is 2.46. The summed E-state index contributed by atoms with van der Waals surface area (Å²) in [7, 11) is 0. The SMILES string of the molecule is CSc1nc(C(F)(F)F)c(C(=O)Cl)s1. The van der Waals surface area contributed by atoms with Crippen molar-refractivity contribution in [2.24, 2.45) is 0 Å². The van der Waals surface area contributed by atoms with Crippen molar-refractivity contribution < 1.29 is 18.0 Å². The molecular weight excluding hydrogens is 259 g/mol. The zero-order chi connectivity index (χ0) is 10.9. The molecule has 0 saturated heterocycles. The Morgan fingerprint density at radius 3 is 2.43 bits per heavy atom. The molecule has 2 nitrogen and oxygen atoms in total. The average molecular weight is 262 g/mol. The van der Waals surface area contributed by atoms with E-state index in [1.54, 1.807) is 6.26 Å². The van der Waals surface area contributed by atoms with Crippen LogP contribution in [0.5, 0.6) is 0 Å². The van der Waals surface area contributed by atoms with E-state index in [1.807, 2.05) is 0 Å². The van der Waals surface area contributed by atoms with Gasteiger partial charge in [0.1, 0.15) is 4.88 Å². The molecule has 0 fully saturated rings. The molecular formula is C6H3ClF3NOS2. The maximum atomic E-state index is 12.3. The highest BCUT2D eigenvalue weighted by Crippen LogP contribution is 2.37. The molecule has 0 atom stereocenters. The third-order valence-electron chi connectivity index (χ3n) is 1.23. The largest absolute Gasteiger partial charge is 0.435 e. The zero-order valence-corrected chi connectivity index (χ0v) is 9.07. The minimum Gasteiger partial charge on any atom is -0.275 e. The van der Waals surface area contributed by atoms with Crippen molar-refractivity contribution in [1.82, 2.24) is 4.98 Å². The lowest BCUT2D eigenvalue weighted by Crippen LogP contribution is -2.09. The highest BCUT2D eigenvalue weighted by molar-refractivity contribution is 8.00. The molecule has 8 heteroatoms. The van der Waals surface area contributed by atoms with Gasteiger partial charge in [0.15, 0.2) is 10.0 Å². The predicted octanol–water partition coefficient (Wildman–Crippen LogP) is 3.26. The number of thioether (sulfide) groups is 1. The van der Waals surface area contributed by atoms with E-state index >= 15 is 0 Å². The summed E-state index contributed by atoms with van der Waals surface area (Å²) in [6.07, 6.45) is -3.06. The molecule has 0 aromatic carbocycles. The van der Waals surface area contributed by atoms with Gasteiger partial charge in [0.25, 0.3) is 5.24 Å². The Labute approximate surface area is 90.5 Å². The van der Waals surface area contributed by atoms with Crippen molar-refractivity contribution in [2.75, 3.05) is 6.26 Å². The number of alkyl halides is 3. The van der Waals surface area contributed by atoms with Crippen LogP contribution in [0.25, 0.3) is 0 Å². The monoisotopic (exact) mass is 261 g/mol. The molecule has 1 heterocycles. The van der Waals surface area contributed by atoms with E-state index < -0.39 is 22.0 Å². The highest BCUT2D eigenvalue weighted by Gasteiger charge is 2.39. The van der Waals surface area contributed by atoms with Gasteiger partial charge in [-0.2, -0.15) is 13.2 Å². The molecule has 0 saturated carbocycles. The van der Waals surface area contributed by atoms with E-state index in [1.165, 1.54) is 0 Å². The van der Waals surface area contributed by atoms with Crippen LogP contribution in [-0.4, -0.2) is 16.5 Å². The molecule has 14 heavy (non-hydrogen) atoms. The lowest BCUT2D eigenvalue weighted by molar-refractivity contribution is -0.141. The molecule has 0 unspecified atom stereocenters. The molecule has 0 aliphatic carbocycles. The van der Waals surface area contributed by atoms with Gasteiger partial charge in [-0.25, -0.2) is 4.98 Å². The van der Waals surface area contributed by atoms with Crippen LogP contribution in [-0.2, 0) is 6.18 Å². The minimum absolute atomic E-state index is 0.168. The molecule has 0 aliphatic rings. The molecule has 0 aliphatic heterocycles. The fourth-order valence-electron chi connectivity index (χ4n) is 0.713. The number of nitrogens with zero attached hydrogens (tertiary/aromatic N) is 1. The van der Waals surface area contributed by atoms with Crippen LogP contribution in [0.2, 0.25) is 0 Å². The van der Waals surface area contributed by atoms with Crippen LogP contribution in [0, 0.1) is 0 Å². The Bertz CT molecular complexity index is 362. The van der Waals surface area contributed by atoms with Crippen LogP contribution in [0.15, 0.2) is 4.34 Å². The molecule has 1 rings (SSSR count). The minimum atomic E-state index is -4.63. The third kappa shape index (κ3) is 2.40. The Hall–Kier alpha value is -0.270. The van der Waals surface area contributed by atoms with Crippen molar-refractivity contribution in [3.05, 3.63) is 10.6 Å². The lowest BCUT2D eigenvalue weighted by atomic mass is 10.4. The van der Waals surface area contributed by atoms with E-state index in [-0.39, 0.29) is 4.34 Å². The molecule has 1 aromatic heterocycles. The Balaban J connectivity index is 3.26. The van der Waals surface area contributed by atoms with Crippen LogP contribution in [0.1, 0.15) is 15.4 Å². The van der Waals surface area contributed by atoms with Crippen molar-refractivity contribution in [3.63, 3.8) is 0 Å². The summed E-state index contributed by atoms with van der Waals surface area (Å²) in [5.41, 5.74) is -1.20. The molecule has 78 valence electrons. The summed E-state index contributed by atoms with van der Waals surface area (Å²) in [5, 5.41) is -1.13. The van der Waals surface area contributed by atoms with Crippen LogP contribution in [0.4, 0.5) is 13.2 Å². The van der Waals surface area contributed by atoms with Crippen LogP contribution < -0.4 is 0 Å². The van der Waals surface area contributed by atoms with Gasteiger partial charge in [0, 0.05) is 0 Å². The first-order chi connectivity index (χ1) is 6.36. The van der Waals surface area contributed by atoms with Gasteiger partial charge in [-0.3, -0.25) is 4.79 Å². The molecule has 0 N–H and O–H groups in total. The fourth-order valence-corrected chi connectivity index (χ4v) is 2.33. The predicted molar refractivity (Wildman–Crippen MR) is 49.1 cm³/mol. The number of hydrogen-bond donors (Lipinski definition) is 0. The van der Waals surface area contributed by atoms with Gasteiger partial charge in [-0.15, -0.1) is 11.3 Å². The first-order valence-electron chi connectivity index (χ1n) is 3.18. The van der Waals surface area contributed by atoms with Gasteiger partial charge in [-0.1, -0.05) is 11.8 Å². The molecule has 0 radical (unpaired) electrons.